The van der Waals surface area contributed by atoms with Crippen LogP contribution in [0.3, 0.4) is 0 Å². The number of nitrogens with zero attached hydrogens (tertiary/aromatic N) is 1. The van der Waals surface area contributed by atoms with Crippen molar-refractivity contribution < 1.29 is 13.2 Å². The van der Waals surface area contributed by atoms with Crippen LogP contribution in [0, 0.1) is 0 Å². The molecule has 0 aromatic carbocycles. The highest BCUT2D eigenvalue weighted by Crippen LogP contribution is 2.26. The summed E-state index contributed by atoms with van der Waals surface area (Å²) < 4.78 is 36.5. The van der Waals surface area contributed by atoms with Crippen molar-refractivity contribution >= 4 is 6.21 Å². The predicted molar refractivity (Wildman–Crippen MR) is 51.1 cm³/mol. The van der Waals surface area contributed by atoms with Gasteiger partial charge in [0.15, 0.2) is 0 Å². The summed E-state index contributed by atoms with van der Waals surface area (Å²) in [5, 5.41) is 0. The van der Waals surface area contributed by atoms with Crippen LogP contribution in [0.1, 0.15) is 13.3 Å². The summed E-state index contributed by atoms with van der Waals surface area (Å²) in [5.41, 5.74) is 4.38. The van der Waals surface area contributed by atoms with Gasteiger partial charge >= 0.3 is 6.18 Å². The molecule has 0 saturated heterocycles. The van der Waals surface area contributed by atoms with Crippen molar-refractivity contribution in [3.63, 3.8) is 0 Å². The maximum Gasteiger partial charge on any atom is 0.433 e. The highest BCUT2D eigenvalue weighted by Gasteiger charge is 2.32. The number of alkyl halides is 3. The molecule has 0 radical (unpaired) electrons. The lowest BCUT2D eigenvalue weighted by Crippen LogP contribution is -2.15. The van der Waals surface area contributed by atoms with E-state index < -0.39 is 11.9 Å². The van der Waals surface area contributed by atoms with E-state index in [2.05, 4.69) is 11.6 Å². The van der Waals surface area contributed by atoms with E-state index >= 15 is 0 Å². The van der Waals surface area contributed by atoms with Crippen molar-refractivity contribution in [3.8, 4) is 0 Å². The van der Waals surface area contributed by atoms with Crippen LogP contribution >= 0.6 is 0 Å². The van der Waals surface area contributed by atoms with Crippen LogP contribution in [0.5, 0.6) is 0 Å². The van der Waals surface area contributed by atoms with Gasteiger partial charge in [0.1, 0.15) is 5.70 Å². The van der Waals surface area contributed by atoms with E-state index in [1.165, 1.54) is 0 Å². The quantitative estimate of drug-likeness (QED) is 0.556. The van der Waals surface area contributed by atoms with Crippen LogP contribution in [-0.4, -0.2) is 18.4 Å². The second kappa shape index (κ2) is 5.59. The van der Waals surface area contributed by atoms with E-state index in [9.17, 15) is 13.2 Å². The Labute approximate surface area is 81.0 Å². The third-order valence-electron chi connectivity index (χ3n) is 1.27. The van der Waals surface area contributed by atoms with Crippen molar-refractivity contribution in [1.29, 1.82) is 0 Å². The largest absolute Gasteiger partial charge is 0.433 e. The standard InChI is InChI=1S/C9H13F3N2/c1-3-4-8(9(10,11)12)14-6-5-7(2)13/h3-4,6-7H,1,5,13H2,2H3/b8-4-,14-6?. The second-order valence-electron chi connectivity index (χ2n) is 2.81. The van der Waals surface area contributed by atoms with Gasteiger partial charge in [-0.1, -0.05) is 12.7 Å². The number of halogens is 3. The monoisotopic (exact) mass is 206 g/mol. The molecule has 0 heterocycles. The maximum absolute atomic E-state index is 12.2. The summed E-state index contributed by atoms with van der Waals surface area (Å²) in [6, 6.07) is -0.197. The van der Waals surface area contributed by atoms with Gasteiger partial charge in [-0.15, -0.1) is 0 Å². The molecule has 14 heavy (non-hydrogen) atoms. The highest BCUT2D eigenvalue weighted by atomic mass is 19.4. The van der Waals surface area contributed by atoms with Crippen LogP contribution in [0.4, 0.5) is 13.2 Å². The minimum atomic E-state index is -4.44. The first kappa shape index (κ1) is 12.9. The molecule has 5 heteroatoms. The molecule has 0 spiro atoms. The van der Waals surface area contributed by atoms with Gasteiger partial charge in [0.2, 0.25) is 0 Å². The van der Waals surface area contributed by atoms with Crippen molar-refractivity contribution in [3.05, 3.63) is 24.4 Å². The third-order valence-corrected chi connectivity index (χ3v) is 1.27. The second-order valence-corrected chi connectivity index (χ2v) is 2.81. The molecule has 0 amide bonds. The van der Waals surface area contributed by atoms with Gasteiger partial charge in [0, 0.05) is 12.3 Å². The smallest absolute Gasteiger partial charge is 0.328 e. The van der Waals surface area contributed by atoms with Gasteiger partial charge in [0.05, 0.1) is 0 Å². The van der Waals surface area contributed by atoms with Crippen LogP contribution in [0.25, 0.3) is 0 Å². The van der Waals surface area contributed by atoms with Crippen molar-refractivity contribution in [2.24, 2.45) is 10.7 Å². The number of aliphatic imine (C=N–C) groups is 1. The minimum Gasteiger partial charge on any atom is -0.328 e. The summed E-state index contributed by atoms with van der Waals surface area (Å²) in [5.74, 6) is 0. The third kappa shape index (κ3) is 5.53. The summed E-state index contributed by atoms with van der Waals surface area (Å²) in [6.45, 7) is 4.87. The van der Waals surface area contributed by atoms with E-state index in [-0.39, 0.29) is 6.04 Å². The Hall–Kier alpha value is -1.10. The fourth-order valence-electron chi connectivity index (χ4n) is 0.640. The van der Waals surface area contributed by atoms with Gasteiger partial charge in [-0.05, 0) is 19.4 Å². The van der Waals surface area contributed by atoms with E-state index in [4.69, 9.17) is 5.73 Å². The average Bonchev–Trinajstić information content (AvgIpc) is 2.00. The Morgan fingerprint density at radius 2 is 2.14 bits per heavy atom. The van der Waals surface area contributed by atoms with E-state index in [1.807, 2.05) is 0 Å². The summed E-state index contributed by atoms with van der Waals surface area (Å²) in [7, 11) is 0. The molecule has 0 rings (SSSR count). The normalized spacial score (nSPS) is 15.9. The molecule has 2 nitrogen and oxygen atoms in total. The van der Waals surface area contributed by atoms with Crippen LogP contribution in [-0.2, 0) is 0 Å². The Bertz CT molecular complexity index is 239. The molecule has 2 N–H and O–H groups in total. The number of hydrogen-bond donors (Lipinski definition) is 1. The topological polar surface area (TPSA) is 38.4 Å². The van der Waals surface area contributed by atoms with Crippen molar-refractivity contribution in [1.82, 2.24) is 0 Å². The minimum absolute atomic E-state index is 0.197. The van der Waals surface area contributed by atoms with E-state index in [1.54, 1.807) is 6.92 Å². The molecule has 0 bridgehead atoms. The Balaban J connectivity index is 4.48. The summed E-state index contributed by atoms with van der Waals surface area (Å²) in [6.07, 6.45) is -1.11. The van der Waals surface area contributed by atoms with Crippen LogP contribution in [0.2, 0.25) is 0 Å². The number of nitrogens with two attached hydrogens (primary N) is 1. The first-order chi connectivity index (χ1) is 6.38. The number of hydrogen-bond acceptors (Lipinski definition) is 2. The fraction of sp³-hybridized carbons (Fsp3) is 0.444. The summed E-state index contributed by atoms with van der Waals surface area (Å²) >= 11 is 0. The lowest BCUT2D eigenvalue weighted by molar-refractivity contribution is -0.0922. The number of rotatable bonds is 4. The Kier molecular flexibility index (Phi) is 5.15. The van der Waals surface area contributed by atoms with Crippen LogP contribution in [0.15, 0.2) is 29.4 Å². The first-order valence-corrected chi connectivity index (χ1v) is 4.06. The molecular formula is C9H13F3N2. The van der Waals surface area contributed by atoms with Gasteiger partial charge in [-0.2, -0.15) is 13.2 Å². The molecule has 1 unspecified atom stereocenters. The van der Waals surface area contributed by atoms with Crippen molar-refractivity contribution in [2.45, 2.75) is 25.6 Å². The predicted octanol–water partition coefficient (Wildman–Crippen LogP) is 2.43. The Morgan fingerprint density at radius 1 is 1.57 bits per heavy atom. The average molecular weight is 206 g/mol. The lowest BCUT2D eigenvalue weighted by atomic mass is 10.3. The van der Waals surface area contributed by atoms with Gasteiger partial charge < -0.3 is 5.73 Å². The molecule has 0 saturated carbocycles. The van der Waals surface area contributed by atoms with Gasteiger partial charge in [-0.3, -0.25) is 4.99 Å². The highest BCUT2D eigenvalue weighted by molar-refractivity contribution is 5.60. The number of allylic oxidation sites excluding steroid dienone is 3. The zero-order chi connectivity index (χ0) is 11.2. The van der Waals surface area contributed by atoms with Gasteiger partial charge in [-0.25, -0.2) is 0 Å². The molecule has 0 aliphatic rings. The van der Waals surface area contributed by atoms with Crippen molar-refractivity contribution in [2.75, 3.05) is 0 Å². The molecule has 80 valence electrons. The molecular weight excluding hydrogens is 193 g/mol. The maximum atomic E-state index is 12.2. The first-order valence-electron chi connectivity index (χ1n) is 4.06. The summed E-state index contributed by atoms with van der Waals surface area (Å²) in [4.78, 5) is 3.28. The Morgan fingerprint density at radius 3 is 2.50 bits per heavy atom. The molecule has 0 aliphatic heterocycles. The molecule has 0 aromatic rings. The van der Waals surface area contributed by atoms with Crippen LogP contribution < -0.4 is 5.73 Å². The fourth-order valence-corrected chi connectivity index (χ4v) is 0.640. The van der Waals surface area contributed by atoms with E-state index in [0.717, 1.165) is 18.4 Å². The molecule has 0 fully saturated rings. The molecule has 0 aromatic heterocycles. The zero-order valence-electron chi connectivity index (χ0n) is 7.88. The zero-order valence-corrected chi connectivity index (χ0v) is 7.88. The lowest BCUT2D eigenvalue weighted by Gasteiger charge is -2.05. The van der Waals surface area contributed by atoms with Gasteiger partial charge in [0.25, 0.3) is 0 Å². The SMILES string of the molecule is C=C/C=C(\N=CCC(C)N)C(F)(F)F. The molecule has 0 aliphatic carbocycles. The molecule has 1 atom stereocenters. The van der Waals surface area contributed by atoms with E-state index in [0.29, 0.717) is 6.42 Å².